The van der Waals surface area contributed by atoms with Crippen LogP contribution in [0.5, 0.6) is 0 Å². The number of cyclic esters (lactones) is 1. The lowest BCUT2D eigenvalue weighted by Crippen LogP contribution is -2.50. The second-order valence-corrected chi connectivity index (χ2v) is 7.03. The molecule has 0 unspecified atom stereocenters. The van der Waals surface area contributed by atoms with E-state index in [2.05, 4.69) is 4.90 Å². The molecule has 3 aliphatic heterocycles. The normalized spacial score (nSPS) is 38.5. The Balaban J connectivity index is 1.93. The third-order valence-electron chi connectivity index (χ3n) is 5.59. The molecule has 0 aromatic heterocycles. The van der Waals surface area contributed by atoms with Gasteiger partial charge in [0.2, 0.25) is 0 Å². The van der Waals surface area contributed by atoms with E-state index < -0.39 is 30.1 Å². The zero-order valence-corrected chi connectivity index (χ0v) is 14.6. The van der Waals surface area contributed by atoms with Gasteiger partial charge in [-0.15, -0.1) is 0 Å². The Labute approximate surface area is 146 Å². The number of ether oxygens (including phenoxy) is 2. The topological polar surface area (TPSA) is 96.3 Å². The molecule has 25 heavy (non-hydrogen) atoms. The first-order valence-electron chi connectivity index (χ1n) is 8.70. The maximum Gasteiger partial charge on any atom is 0.341 e. The number of rotatable bonds is 1. The number of aliphatic hydroxyl groups is 2. The summed E-state index contributed by atoms with van der Waals surface area (Å²) in [5.74, 6) is -1.99. The molecule has 0 spiro atoms. The number of hydrogen-bond donors (Lipinski definition) is 2. The van der Waals surface area contributed by atoms with E-state index in [-0.39, 0.29) is 25.2 Å². The minimum Gasteiger partial charge on any atom is -0.459 e. The highest BCUT2D eigenvalue weighted by molar-refractivity contribution is 5.89. The van der Waals surface area contributed by atoms with E-state index in [1.165, 1.54) is 0 Å². The monoisotopic (exact) mass is 351 g/mol. The fourth-order valence-corrected chi connectivity index (χ4v) is 3.85. The van der Waals surface area contributed by atoms with Gasteiger partial charge in [-0.05, 0) is 25.3 Å². The first-order valence-corrected chi connectivity index (χ1v) is 8.70. The van der Waals surface area contributed by atoms with Crippen LogP contribution in [0, 0.1) is 5.92 Å². The van der Waals surface area contributed by atoms with Gasteiger partial charge < -0.3 is 19.7 Å². The van der Waals surface area contributed by atoms with Crippen LogP contribution in [0.25, 0.3) is 0 Å². The van der Waals surface area contributed by atoms with Crippen molar-refractivity contribution in [1.82, 2.24) is 4.90 Å². The van der Waals surface area contributed by atoms with E-state index in [0.29, 0.717) is 5.57 Å². The van der Waals surface area contributed by atoms with Gasteiger partial charge in [-0.1, -0.05) is 19.1 Å². The molecule has 3 aliphatic rings. The van der Waals surface area contributed by atoms with Crippen molar-refractivity contribution in [3.63, 3.8) is 0 Å². The molecule has 0 saturated carbocycles. The van der Waals surface area contributed by atoms with E-state index in [9.17, 15) is 19.8 Å². The summed E-state index contributed by atoms with van der Waals surface area (Å²) in [6.07, 6.45) is 4.20. The lowest BCUT2D eigenvalue weighted by atomic mass is 9.84. The average Bonchev–Trinajstić information content (AvgIpc) is 3.18. The largest absolute Gasteiger partial charge is 0.459 e. The molecule has 0 amide bonds. The predicted octanol–water partition coefficient (Wildman–Crippen LogP) is 0.165. The molecule has 2 N–H and O–H groups in total. The summed E-state index contributed by atoms with van der Waals surface area (Å²) in [6.45, 7) is 4.12. The van der Waals surface area contributed by atoms with Crippen LogP contribution < -0.4 is 0 Å². The number of nitrogens with zero attached hydrogens (tertiary/aromatic N) is 1. The predicted molar refractivity (Wildman–Crippen MR) is 88.5 cm³/mol. The van der Waals surface area contributed by atoms with Gasteiger partial charge in [0.15, 0.2) is 5.60 Å². The van der Waals surface area contributed by atoms with Gasteiger partial charge in [-0.3, -0.25) is 4.90 Å². The van der Waals surface area contributed by atoms with Crippen LogP contribution in [-0.4, -0.2) is 71.1 Å². The lowest BCUT2D eigenvalue weighted by Gasteiger charge is -2.32. The minimum atomic E-state index is -2.05. The third-order valence-corrected chi connectivity index (χ3v) is 5.59. The zero-order valence-electron chi connectivity index (χ0n) is 14.6. The van der Waals surface area contributed by atoms with Crippen molar-refractivity contribution in [1.29, 1.82) is 0 Å². The van der Waals surface area contributed by atoms with E-state index in [1.54, 1.807) is 19.9 Å². The highest BCUT2D eigenvalue weighted by Crippen LogP contribution is 2.34. The molecule has 2 saturated heterocycles. The van der Waals surface area contributed by atoms with E-state index >= 15 is 0 Å². The van der Waals surface area contributed by atoms with Gasteiger partial charge in [-0.2, -0.15) is 0 Å². The molecule has 138 valence electrons. The van der Waals surface area contributed by atoms with Crippen molar-refractivity contribution in [2.24, 2.45) is 5.92 Å². The number of carbonyl (C=O) groups excluding carboxylic acids is 2. The summed E-state index contributed by atoms with van der Waals surface area (Å²) in [7, 11) is 0. The molecular formula is C18H25NO6. The molecule has 4 atom stereocenters. The molecule has 7 heteroatoms. The molecule has 0 aromatic rings. The highest BCUT2D eigenvalue weighted by atomic mass is 16.6. The van der Waals surface area contributed by atoms with E-state index in [0.717, 1.165) is 25.1 Å². The Morgan fingerprint density at radius 1 is 1.44 bits per heavy atom. The van der Waals surface area contributed by atoms with Gasteiger partial charge in [0, 0.05) is 24.6 Å². The van der Waals surface area contributed by atoms with Gasteiger partial charge >= 0.3 is 11.9 Å². The molecule has 0 aromatic carbocycles. The Kier molecular flexibility index (Phi) is 4.99. The first-order chi connectivity index (χ1) is 11.9. The number of carbonyl (C=O) groups is 2. The SMILES string of the molecule is C/C=C1/C[C@H](C)[C@@](O)(CO)C(=O)OCC2=CCN3CC[C@H](OC1=O)[C@H]23. The average molecular weight is 351 g/mol. The number of aliphatic hydroxyl groups excluding tert-OH is 1. The van der Waals surface area contributed by atoms with Gasteiger partial charge in [0.25, 0.3) is 0 Å². The van der Waals surface area contributed by atoms with Crippen molar-refractivity contribution in [3.8, 4) is 0 Å². The van der Waals surface area contributed by atoms with E-state index in [1.807, 2.05) is 6.08 Å². The molecule has 3 rings (SSSR count). The Morgan fingerprint density at radius 2 is 2.20 bits per heavy atom. The molecule has 3 heterocycles. The van der Waals surface area contributed by atoms with Crippen LogP contribution >= 0.6 is 0 Å². The first kappa shape index (κ1) is 18.1. The lowest BCUT2D eigenvalue weighted by molar-refractivity contribution is -0.176. The Morgan fingerprint density at radius 3 is 2.88 bits per heavy atom. The summed E-state index contributed by atoms with van der Waals surface area (Å²) in [5, 5.41) is 20.2. The number of esters is 2. The van der Waals surface area contributed by atoms with Crippen LogP contribution in [0.1, 0.15) is 26.7 Å². The Hall–Kier alpha value is -1.70. The summed E-state index contributed by atoms with van der Waals surface area (Å²) < 4.78 is 11.1. The van der Waals surface area contributed by atoms with Crippen LogP contribution in [0.4, 0.5) is 0 Å². The van der Waals surface area contributed by atoms with Gasteiger partial charge in [-0.25, -0.2) is 9.59 Å². The zero-order chi connectivity index (χ0) is 18.2. The number of allylic oxidation sites excluding steroid dienone is 1. The molecular weight excluding hydrogens is 326 g/mol. The van der Waals surface area contributed by atoms with Gasteiger partial charge in [0.05, 0.1) is 12.6 Å². The summed E-state index contributed by atoms with van der Waals surface area (Å²) in [4.78, 5) is 27.2. The van der Waals surface area contributed by atoms with Crippen LogP contribution in [0.15, 0.2) is 23.3 Å². The highest BCUT2D eigenvalue weighted by Gasteiger charge is 2.46. The molecule has 0 bridgehead atoms. The minimum absolute atomic E-state index is 0.0273. The molecule has 0 aliphatic carbocycles. The molecule has 0 radical (unpaired) electrons. The van der Waals surface area contributed by atoms with Crippen molar-refractivity contribution >= 4 is 11.9 Å². The quantitative estimate of drug-likeness (QED) is 0.395. The van der Waals surface area contributed by atoms with E-state index in [4.69, 9.17) is 9.47 Å². The smallest absolute Gasteiger partial charge is 0.341 e. The van der Waals surface area contributed by atoms with Crippen LogP contribution in [0.3, 0.4) is 0 Å². The fraction of sp³-hybridized carbons (Fsp3) is 0.667. The summed E-state index contributed by atoms with van der Waals surface area (Å²) in [6, 6.07) is -0.0890. The van der Waals surface area contributed by atoms with Crippen molar-refractivity contribution in [2.75, 3.05) is 26.3 Å². The molecule has 2 fully saturated rings. The fourth-order valence-electron chi connectivity index (χ4n) is 3.85. The standard InChI is InChI=1S/C18H25NO6/c1-3-12-8-11(2)18(23,10-20)17(22)24-9-13-4-6-19-7-5-14(15(13)19)25-16(12)21/h3-4,11,14-15,20,23H,5-10H2,1-2H3/b12-3-/t11-,14-,15-,18-/m0/s1. The number of hydrogen-bond acceptors (Lipinski definition) is 7. The third kappa shape index (κ3) is 3.12. The van der Waals surface area contributed by atoms with Crippen LogP contribution in [-0.2, 0) is 19.1 Å². The Bertz CT molecular complexity index is 627. The summed E-state index contributed by atoms with van der Waals surface area (Å²) >= 11 is 0. The van der Waals surface area contributed by atoms with Crippen molar-refractivity contribution in [3.05, 3.63) is 23.3 Å². The van der Waals surface area contributed by atoms with Crippen molar-refractivity contribution < 1.29 is 29.3 Å². The van der Waals surface area contributed by atoms with Crippen molar-refractivity contribution in [2.45, 2.75) is 44.4 Å². The van der Waals surface area contributed by atoms with Crippen LogP contribution in [0.2, 0.25) is 0 Å². The molecule has 7 nitrogen and oxygen atoms in total. The maximum absolute atomic E-state index is 12.6. The summed E-state index contributed by atoms with van der Waals surface area (Å²) in [5.41, 5.74) is -0.796. The second kappa shape index (κ2) is 6.90. The second-order valence-electron chi connectivity index (χ2n) is 7.03. The maximum atomic E-state index is 12.6. The van der Waals surface area contributed by atoms with Gasteiger partial charge in [0.1, 0.15) is 12.7 Å².